The molecule has 21 heavy (non-hydrogen) atoms. The molecule has 1 aromatic heterocycles. The van der Waals surface area contributed by atoms with Crippen molar-refractivity contribution in [2.75, 3.05) is 0 Å². The number of hydrogen-bond donors (Lipinski definition) is 1. The summed E-state index contributed by atoms with van der Waals surface area (Å²) in [5.74, 6) is 3.19. The van der Waals surface area contributed by atoms with Gasteiger partial charge in [0.1, 0.15) is 11.6 Å². The second-order valence-corrected chi connectivity index (χ2v) is 7.57. The van der Waals surface area contributed by atoms with Gasteiger partial charge in [-0.15, -0.1) is 0 Å². The number of halogens is 2. The summed E-state index contributed by atoms with van der Waals surface area (Å²) in [6, 6.07) is 3.32. The van der Waals surface area contributed by atoms with Gasteiger partial charge in [-0.25, -0.2) is 9.37 Å². The van der Waals surface area contributed by atoms with Gasteiger partial charge < -0.3 is 4.98 Å². The molecule has 4 heteroatoms. The highest BCUT2D eigenvalue weighted by molar-refractivity contribution is 9.10. The summed E-state index contributed by atoms with van der Waals surface area (Å²) in [5, 5.41) is 0. The van der Waals surface area contributed by atoms with Crippen LogP contribution in [0.1, 0.15) is 56.7 Å². The molecule has 0 bridgehead atoms. The first-order chi connectivity index (χ1) is 10.2. The highest BCUT2D eigenvalue weighted by atomic mass is 79.9. The van der Waals surface area contributed by atoms with Crippen LogP contribution in [0.15, 0.2) is 16.6 Å². The van der Waals surface area contributed by atoms with Crippen molar-refractivity contribution in [1.29, 1.82) is 0 Å². The van der Waals surface area contributed by atoms with Crippen molar-refractivity contribution < 1.29 is 4.39 Å². The van der Waals surface area contributed by atoms with Gasteiger partial charge in [-0.3, -0.25) is 0 Å². The fourth-order valence-corrected chi connectivity index (χ4v) is 4.67. The van der Waals surface area contributed by atoms with Crippen LogP contribution in [0.4, 0.5) is 4.39 Å². The lowest BCUT2D eigenvalue weighted by molar-refractivity contribution is 0.153. The van der Waals surface area contributed by atoms with E-state index < -0.39 is 0 Å². The normalized spacial score (nSPS) is 29.5. The molecule has 2 aliphatic carbocycles. The molecule has 0 radical (unpaired) electrons. The maximum Gasteiger partial charge on any atom is 0.139 e. The molecule has 0 spiro atoms. The first kappa shape index (κ1) is 13.7. The summed E-state index contributed by atoms with van der Waals surface area (Å²) < 4.78 is 14.1. The van der Waals surface area contributed by atoms with Gasteiger partial charge in [-0.2, -0.15) is 0 Å². The molecule has 2 nitrogen and oxygen atoms in total. The molecule has 0 amide bonds. The molecule has 112 valence electrons. The number of nitrogens with one attached hydrogen (secondary N) is 1. The second-order valence-electron chi connectivity index (χ2n) is 6.72. The van der Waals surface area contributed by atoms with E-state index in [-0.39, 0.29) is 5.82 Å². The lowest BCUT2D eigenvalue weighted by Gasteiger charge is -2.38. The van der Waals surface area contributed by atoms with Gasteiger partial charge in [0.05, 0.1) is 15.5 Å². The van der Waals surface area contributed by atoms with E-state index in [0.29, 0.717) is 10.4 Å². The van der Waals surface area contributed by atoms with E-state index in [1.807, 2.05) is 0 Å². The number of fused-ring (bicyclic) bond motifs is 2. The molecular weight excluding hydrogens is 331 g/mol. The highest BCUT2D eigenvalue weighted by Gasteiger charge is 2.33. The lowest BCUT2D eigenvalue weighted by Crippen LogP contribution is -2.27. The first-order valence-corrected chi connectivity index (χ1v) is 8.84. The van der Waals surface area contributed by atoms with Crippen molar-refractivity contribution in [2.45, 2.75) is 50.9 Å². The molecule has 2 fully saturated rings. The van der Waals surface area contributed by atoms with Crippen LogP contribution >= 0.6 is 15.9 Å². The SMILES string of the molecule is Fc1cc2[nH]c(C3CCC4CCCCC4C3)nc2cc1Br. The van der Waals surface area contributed by atoms with Crippen LogP contribution in [-0.2, 0) is 0 Å². The zero-order valence-corrected chi connectivity index (χ0v) is 13.6. The molecule has 2 aliphatic rings. The van der Waals surface area contributed by atoms with Crippen LogP contribution in [-0.4, -0.2) is 9.97 Å². The van der Waals surface area contributed by atoms with Gasteiger partial charge in [0.15, 0.2) is 0 Å². The summed E-state index contributed by atoms with van der Waals surface area (Å²) in [7, 11) is 0. The Hall–Kier alpha value is -0.900. The van der Waals surface area contributed by atoms with Gasteiger partial charge in [0.2, 0.25) is 0 Å². The highest BCUT2D eigenvalue weighted by Crippen LogP contribution is 2.45. The average molecular weight is 351 g/mol. The topological polar surface area (TPSA) is 28.7 Å². The Morgan fingerprint density at radius 1 is 1.10 bits per heavy atom. The third kappa shape index (κ3) is 2.52. The number of aromatic nitrogens is 2. The van der Waals surface area contributed by atoms with E-state index >= 15 is 0 Å². The Morgan fingerprint density at radius 2 is 1.90 bits per heavy atom. The van der Waals surface area contributed by atoms with Crippen molar-refractivity contribution in [3.05, 3.63) is 28.2 Å². The molecular formula is C17H20BrFN2. The van der Waals surface area contributed by atoms with Crippen molar-refractivity contribution in [3.8, 4) is 0 Å². The zero-order valence-electron chi connectivity index (χ0n) is 12.0. The molecule has 1 N–H and O–H groups in total. The fourth-order valence-electron chi connectivity index (χ4n) is 4.34. The Labute approximate surface area is 132 Å². The summed E-state index contributed by atoms with van der Waals surface area (Å²) in [6.45, 7) is 0. The molecule has 2 aromatic rings. The summed E-state index contributed by atoms with van der Waals surface area (Å²) in [6.07, 6.45) is 9.45. The third-order valence-corrected chi connectivity index (χ3v) is 6.08. The minimum absolute atomic E-state index is 0.228. The van der Waals surface area contributed by atoms with E-state index in [9.17, 15) is 4.39 Å². The quantitative estimate of drug-likeness (QED) is 0.718. The molecule has 4 rings (SSSR count). The van der Waals surface area contributed by atoms with Crippen molar-refractivity contribution in [1.82, 2.24) is 9.97 Å². The summed E-state index contributed by atoms with van der Waals surface area (Å²) in [5.41, 5.74) is 1.68. The van der Waals surface area contributed by atoms with E-state index in [0.717, 1.165) is 28.7 Å². The Balaban J connectivity index is 1.61. The standard InChI is InChI=1S/C17H20BrFN2/c18-13-8-15-16(9-14(13)19)21-17(20-15)12-6-5-10-3-1-2-4-11(10)7-12/h8-12H,1-7H2,(H,20,21). The molecule has 3 unspecified atom stereocenters. The molecule has 1 heterocycles. The largest absolute Gasteiger partial charge is 0.342 e. The fraction of sp³-hybridized carbons (Fsp3) is 0.588. The van der Waals surface area contributed by atoms with Crippen LogP contribution in [0.25, 0.3) is 11.0 Å². The number of imidazole rings is 1. The number of hydrogen-bond acceptors (Lipinski definition) is 1. The van der Waals surface area contributed by atoms with Crippen molar-refractivity contribution in [3.63, 3.8) is 0 Å². The van der Waals surface area contributed by atoms with Crippen LogP contribution in [0.5, 0.6) is 0 Å². The average Bonchev–Trinajstić information content (AvgIpc) is 2.90. The molecule has 0 saturated heterocycles. The molecule has 3 atom stereocenters. The number of nitrogens with zero attached hydrogens (tertiary/aromatic N) is 1. The Kier molecular flexibility index (Phi) is 3.52. The van der Waals surface area contributed by atoms with Gasteiger partial charge in [0.25, 0.3) is 0 Å². The van der Waals surface area contributed by atoms with Gasteiger partial charge in [0, 0.05) is 12.0 Å². The van der Waals surface area contributed by atoms with E-state index in [4.69, 9.17) is 4.98 Å². The zero-order chi connectivity index (χ0) is 14.4. The van der Waals surface area contributed by atoms with Crippen molar-refractivity contribution in [2.24, 2.45) is 11.8 Å². The van der Waals surface area contributed by atoms with Gasteiger partial charge >= 0.3 is 0 Å². The summed E-state index contributed by atoms with van der Waals surface area (Å²) >= 11 is 3.24. The van der Waals surface area contributed by atoms with Crippen LogP contribution in [0, 0.1) is 17.7 Å². The van der Waals surface area contributed by atoms with Crippen LogP contribution in [0.3, 0.4) is 0 Å². The minimum atomic E-state index is -0.228. The Bertz CT molecular complexity index is 627. The first-order valence-electron chi connectivity index (χ1n) is 8.05. The van der Waals surface area contributed by atoms with Gasteiger partial charge in [-0.05, 0) is 53.1 Å². The van der Waals surface area contributed by atoms with Gasteiger partial charge in [-0.1, -0.05) is 25.7 Å². The Morgan fingerprint density at radius 3 is 2.76 bits per heavy atom. The summed E-state index contributed by atoms with van der Waals surface area (Å²) in [4.78, 5) is 8.08. The third-order valence-electron chi connectivity index (χ3n) is 5.47. The lowest BCUT2D eigenvalue weighted by atomic mass is 9.67. The molecule has 2 saturated carbocycles. The van der Waals surface area contributed by atoms with E-state index in [2.05, 4.69) is 20.9 Å². The minimum Gasteiger partial charge on any atom is -0.342 e. The maximum atomic E-state index is 13.6. The molecule has 0 aliphatic heterocycles. The predicted molar refractivity (Wildman–Crippen MR) is 85.8 cm³/mol. The van der Waals surface area contributed by atoms with E-state index in [1.54, 1.807) is 12.1 Å². The maximum absolute atomic E-state index is 13.6. The van der Waals surface area contributed by atoms with Crippen LogP contribution < -0.4 is 0 Å². The number of aromatic amines is 1. The second kappa shape index (κ2) is 5.38. The molecule has 1 aromatic carbocycles. The van der Waals surface area contributed by atoms with E-state index in [1.165, 1.54) is 44.9 Å². The number of benzene rings is 1. The van der Waals surface area contributed by atoms with Crippen molar-refractivity contribution >= 4 is 27.0 Å². The van der Waals surface area contributed by atoms with Crippen LogP contribution in [0.2, 0.25) is 0 Å². The smallest absolute Gasteiger partial charge is 0.139 e. The number of rotatable bonds is 1. The predicted octanol–water partition coefficient (Wildman–Crippen LogP) is 5.54. The number of H-pyrrole nitrogens is 1. The monoisotopic (exact) mass is 350 g/mol.